The monoisotopic (exact) mass is 197 g/mol. The van der Waals surface area contributed by atoms with E-state index in [1.54, 1.807) is 0 Å². The van der Waals surface area contributed by atoms with E-state index < -0.39 is 10.9 Å². The minimum absolute atomic E-state index is 0.167. The highest BCUT2D eigenvalue weighted by atomic mass is 16.6. The van der Waals surface area contributed by atoms with E-state index in [9.17, 15) is 14.9 Å². The van der Waals surface area contributed by atoms with Gasteiger partial charge in [-0.05, 0) is 11.0 Å². The van der Waals surface area contributed by atoms with Crippen molar-refractivity contribution in [3.8, 4) is 0 Å². The number of aryl methyl sites for hydroxylation is 1. The van der Waals surface area contributed by atoms with Crippen LogP contribution in [0, 0.1) is 10.1 Å². The van der Waals surface area contributed by atoms with Crippen LogP contribution >= 0.6 is 0 Å². The normalized spacial score (nSPS) is 10.6. The van der Waals surface area contributed by atoms with E-state index in [-0.39, 0.29) is 11.4 Å². The first kappa shape index (κ1) is 9.90. The number of nitrogens with zero attached hydrogens (tertiary/aromatic N) is 3. The molecule has 0 aliphatic rings. The molecule has 0 bridgehead atoms. The van der Waals surface area contributed by atoms with Crippen molar-refractivity contribution in [3.05, 3.63) is 28.0 Å². The van der Waals surface area contributed by atoms with Crippen LogP contribution in [-0.2, 0) is 11.8 Å². The quantitative estimate of drug-likeness (QED) is 0.430. The lowest BCUT2D eigenvalue weighted by Gasteiger charge is -1.87. The predicted molar refractivity (Wildman–Crippen MR) is 46.5 cm³/mol. The first-order valence-corrected chi connectivity index (χ1v) is 3.59. The maximum absolute atomic E-state index is 10.4. The van der Waals surface area contributed by atoms with Gasteiger partial charge in [-0.25, -0.2) is 4.79 Å². The number of carbonyl (C=O) groups is 1. The molecular weight excluding hydrogens is 190 g/mol. The topological polar surface area (TPSA) is 98.3 Å². The molecule has 0 aliphatic carbocycles. The highest BCUT2D eigenvalue weighted by Crippen LogP contribution is 2.16. The molecule has 0 fully saturated rings. The molecule has 0 unspecified atom stereocenters. The summed E-state index contributed by atoms with van der Waals surface area (Å²) in [7, 11) is 1.52. The van der Waals surface area contributed by atoms with Gasteiger partial charge in [-0.1, -0.05) is 0 Å². The van der Waals surface area contributed by atoms with E-state index in [0.717, 1.165) is 12.2 Å². The third kappa shape index (κ3) is 2.16. The highest BCUT2D eigenvalue weighted by Gasteiger charge is 2.16. The van der Waals surface area contributed by atoms with Crippen LogP contribution in [0.15, 0.2) is 12.3 Å². The number of hydrogen-bond acceptors (Lipinski definition) is 4. The number of hydrogen-bond donors (Lipinski definition) is 1. The van der Waals surface area contributed by atoms with Crippen LogP contribution in [0.1, 0.15) is 5.56 Å². The van der Waals surface area contributed by atoms with Crippen LogP contribution in [0.5, 0.6) is 0 Å². The SMILES string of the molecule is Cn1cc(/C=C/C(=O)O)c([N+](=O)[O-])n1. The second kappa shape index (κ2) is 3.69. The molecule has 74 valence electrons. The van der Waals surface area contributed by atoms with E-state index in [1.807, 2.05) is 0 Å². The average molecular weight is 197 g/mol. The molecule has 0 spiro atoms. The van der Waals surface area contributed by atoms with E-state index in [1.165, 1.54) is 17.9 Å². The molecule has 14 heavy (non-hydrogen) atoms. The Morgan fingerprint density at radius 3 is 2.93 bits per heavy atom. The Labute approximate surface area is 78.4 Å². The summed E-state index contributed by atoms with van der Waals surface area (Å²) in [5.74, 6) is -1.52. The molecule has 1 heterocycles. The standard InChI is InChI=1S/C7H7N3O4/c1-9-4-5(2-3-6(11)12)7(8-9)10(13)14/h2-4H,1H3,(H,11,12)/b3-2+. The fourth-order valence-corrected chi connectivity index (χ4v) is 0.916. The zero-order valence-electron chi connectivity index (χ0n) is 7.25. The largest absolute Gasteiger partial charge is 0.478 e. The Bertz CT molecular complexity index is 407. The van der Waals surface area contributed by atoms with Gasteiger partial charge in [-0.3, -0.25) is 0 Å². The van der Waals surface area contributed by atoms with Crippen LogP contribution < -0.4 is 0 Å². The first-order chi connectivity index (χ1) is 6.50. The summed E-state index contributed by atoms with van der Waals surface area (Å²) in [5, 5.41) is 22.3. The van der Waals surface area contributed by atoms with Crippen LogP contribution in [0.3, 0.4) is 0 Å². The maximum Gasteiger partial charge on any atom is 0.397 e. The molecule has 0 saturated heterocycles. The fraction of sp³-hybridized carbons (Fsp3) is 0.143. The van der Waals surface area contributed by atoms with Gasteiger partial charge in [0.05, 0.1) is 23.9 Å². The lowest BCUT2D eigenvalue weighted by atomic mass is 10.3. The van der Waals surface area contributed by atoms with Crippen molar-refractivity contribution in [3.63, 3.8) is 0 Å². The number of carboxylic acid groups (broad SMARTS) is 1. The molecule has 0 aliphatic heterocycles. The number of aromatic nitrogens is 2. The van der Waals surface area contributed by atoms with Crippen molar-refractivity contribution >= 4 is 17.9 Å². The van der Waals surface area contributed by atoms with Crippen molar-refractivity contribution in [1.82, 2.24) is 9.78 Å². The second-order valence-electron chi connectivity index (χ2n) is 2.51. The third-order valence-corrected chi connectivity index (χ3v) is 1.41. The summed E-state index contributed by atoms with van der Waals surface area (Å²) < 4.78 is 1.25. The van der Waals surface area contributed by atoms with Crippen LogP contribution in [0.4, 0.5) is 5.82 Å². The summed E-state index contributed by atoms with van der Waals surface area (Å²) in [4.78, 5) is 19.9. The van der Waals surface area contributed by atoms with Gasteiger partial charge in [0.1, 0.15) is 0 Å². The number of carboxylic acids is 1. The van der Waals surface area contributed by atoms with Crippen LogP contribution in [-0.4, -0.2) is 25.8 Å². The van der Waals surface area contributed by atoms with Gasteiger partial charge in [0.15, 0.2) is 0 Å². The van der Waals surface area contributed by atoms with Gasteiger partial charge in [0.25, 0.3) is 0 Å². The number of nitro groups is 1. The highest BCUT2D eigenvalue weighted by molar-refractivity contribution is 5.85. The Kier molecular flexibility index (Phi) is 2.61. The van der Waals surface area contributed by atoms with Crippen LogP contribution in [0.2, 0.25) is 0 Å². The molecule has 0 radical (unpaired) electrons. The summed E-state index contributed by atoms with van der Waals surface area (Å²) in [6.07, 6.45) is 3.33. The average Bonchev–Trinajstić information content (AvgIpc) is 2.43. The van der Waals surface area contributed by atoms with Crippen molar-refractivity contribution in [1.29, 1.82) is 0 Å². The molecule has 7 nitrogen and oxygen atoms in total. The van der Waals surface area contributed by atoms with Crippen LogP contribution in [0.25, 0.3) is 6.08 Å². The number of aliphatic carboxylic acids is 1. The number of rotatable bonds is 3. The molecular formula is C7H7N3O4. The van der Waals surface area contributed by atoms with Crippen molar-refractivity contribution in [2.45, 2.75) is 0 Å². The Morgan fingerprint density at radius 1 is 1.79 bits per heavy atom. The third-order valence-electron chi connectivity index (χ3n) is 1.41. The van der Waals surface area contributed by atoms with E-state index in [2.05, 4.69) is 5.10 Å². The zero-order chi connectivity index (χ0) is 10.7. The molecule has 7 heteroatoms. The summed E-state index contributed by atoms with van der Waals surface area (Å²) in [5.41, 5.74) is 0.167. The predicted octanol–water partition coefficient (Wildman–Crippen LogP) is 0.426. The lowest BCUT2D eigenvalue weighted by molar-refractivity contribution is -0.390. The molecule has 1 aromatic rings. The van der Waals surface area contributed by atoms with Gasteiger partial charge < -0.3 is 15.2 Å². The van der Waals surface area contributed by atoms with Gasteiger partial charge >= 0.3 is 11.8 Å². The lowest BCUT2D eigenvalue weighted by Crippen LogP contribution is -1.93. The van der Waals surface area contributed by atoms with Crippen molar-refractivity contribution in [2.24, 2.45) is 7.05 Å². The molecule has 1 rings (SSSR count). The van der Waals surface area contributed by atoms with E-state index in [4.69, 9.17) is 5.11 Å². The van der Waals surface area contributed by atoms with Gasteiger partial charge in [-0.15, -0.1) is 0 Å². The van der Waals surface area contributed by atoms with Crippen molar-refractivity contribution < 1.29 is 14.8 Å². The fourth-order valence-electron chi connectivity index (χ4n) is 0.916. The van der Waals surface area contributed by atoms with E-state index in [0.29, 0.717) is 0 Å². The summed E-state index contributed by atoms with van der Waals surface area (Å²) >= 11 is 0. The molecule has 1 aromatic heterocycles. The minimum atomic E-state index is -1.16. The Balaban J connectivity index is 3.07. The summed E-state index contributed by atoms with van der Waals surface area (Å²) in [6, 6.07) is 0. The second-order valence-corrected chi connectivity index (χ2v) is 2.51. The molecule has 0 saturated carbocycles. The molecule has 0 amide bonds. The summed E-state index contributed by atoms with van der Waals surface area (Å²) in [6.45, 7) is 0. The van der Waals surface area contributed by atoms with E-state index >= 15 is 0 Å². The smallest absolute Gasteiger partial charge is 0.397 e. The Morgan fingerprint density at radius 2 is 2.43 bits per heavy atom. The maximum atomic E-state index is 10.4. The molecule has 0 atom stereocenters. The zero-order valence-corrected chi connectivity index (χ0v) is 7.25. The molecule has 0 aromatic carbocycles. The Hall–Kier alpha value is -2.18. The first-order valence-electron chi connectivity index (χ1n) is 3.59. The van der Waals surface area contributed by atoms with Gasteiger partial charge in [-0.2, -0.15) is 4.68 Å². The molecule has 1 N–H and O–H groups in total. The minimum Gasteiger partial charge on any atom is -0.478 e. The van der Waals surface area contributed by atoms with Gasteiger partial charge in [0, 0.05) is 6.08 Å². The van der Waals surface area contributed by atoms with Crippen molar-refractivity contribution in [2.75, 3.05) is 0 Å². The van der Waals surface area contributed by atoms with Gasteiger partial charge in [0.2, 0.25) is 0 Å².